The van der Waals surface area contributed by atoms with Crippen molar-refractivity contribution in [3.63, 3.8) is 0 Å². The zero-order valence-corrected chi connectivity index (χ0v) is 19.7. The molecule has 178 valence electrons. The number of carboxylic acid groups (broad SMARTS) is 1. The summed E-state index contributed by atoms with van der Waals surface area (Å²) in [6, 6.07) is -0.908. The zero-order chi connectivity index (χ0) is 22.6. The SMILES string of the molecule is CCCCCCCCCCCCCCCCCCC(=O)N[C@@H](Cc1cnc[nH]1)C(=O)O. The van der Waals surface area contributed by atoms with E-state index in [0.717, 1.165) is 19.3 Å². The number of hydrogen-bond donors (Lipinski definition) is 3. The molecule has 1 aromatic heterocycles. The van der Waals surface area contributed by atoms with E-state index in [-0.39, 0.29) is 12.3 Å². The highest BCUT2D eigenvalue weighted by Crippen LogP contribution is 2.14. The van der Waals surface area contributed by atoms with Gasteiger partial charge in [0.25, 0.3) is 0 Å². The Hall–Kier alpha value is -1.85. The molecule has 1 atom stereocenters. The third-order valence-electron chi connectivity index (χ3n) is 5.87. The monoisotopic (exact) mass is 435 g/mol. The molecule has 1 rings (SSSR count). The van der Waals surface area contributed by atoms with Crippen LogP contribution >= 0.6 is 0 Å². The van der Waals surface area contributed by atoms with E-state index in [2.05, 4.69) is 22.2 Å². The summed E-state index contributed by atoms with van der Waals surface area (Å²) in [6.07, 6.45) is 24.4. The lowest BCUT2D eigenvalue weighted by Gasteiger charge is -2.13. The van der Waals surface area contributed by atoms with Crippen LogP contribution in [0.4, 0.5) is 0 Å². The van der Waals surface area contributed by atoms with Gasteiger partial charge in [-0.1, -0.05) is 103 Å². The zero-order valence-electron chi connectivity index (χ0n) is 19.7. The van der Waals surface area contributed by atoms with E-state index in [1.807, 2.05) is 0 Å². The van der Waals surface area contributed by atoms with Gasteiger partial charge in [-0.05, 0) is 6.42 Å². The van der Waals surface area contributed by atoms with E-state index in [9.17, 15) is 14.7 Å². The highest BCUT2D eigenvalue weighted by molar-refractivity contribution is 5.83. The molecular weight excluding hydrogens is 390 g/mol. The number of aliphatic carboxylic acids is 1. The van der Waals surface area contributed by atoms with E-state index < -0.39 is 12.0 Å². The average molecular weight is 436 g/mol. The number of imidazole rings is 1. The number of amides is 1. The first-order valence-corrected chi connectivity index (χ1v) is 12.6. The Kier molecular flexibility index (Phi) is 16.6. The third-order valence-corrected chi connectivity index (χ3v) is 5.87. The molecular formula is C25H45N3O3. The van der Waals surface area contributed by atoms with Gasteiger partial charge in [0.15, 0.2) is 0 Å². The number of unbranched alkanes of at least 4 members (excludes halogenated alkanes) is 15. The van der Waals surface area contributed by atoms with Crippen molar-refractivity contribution in [1.29, 1.82) is 0 Å². The second-order valence-corrected chi connectivity index (χ2v) is 8.79. The topological polar surface area (TPSA) is 95.1 Å². The first-order valence-electron chi connectivity index (χ1n) is 12.6. The summed E-state index contributed by atoms with van der Waals surface area (Å²) >= 11 is 0. The van der Waals surface area contributed by atoms with Crippen LogP contribution in [0.15, 0.2) is 12.5 Å². The van der Waals surface area contributed by atoms with Crippen molar-refractivity contribution in [1.82, 2.24) is 15.3 Å². The van der Waals surface area contributed by atoms with E-state index in [1.54, 1.807) is 6.20 Å². The van der Waals surface area contributed by atoms with Crippen LogP contribution in [0.1, 0.15) is 122 Å². The van der Waals surface area contributed by atoms with Gasteiger partial charge < -0.3 is 15.4 Å². The summed E-state index contributed by atoms with van der Waals surface area (Å²) < 4.78 is 0. The van der Waals surface area contributed by atoms with Crippen molar-refractivity contribution in [3.05, 3.63) is 18.2 Å². The lowest BCUT2D eigenvalue weighted by molar-refractivity contribution is -0.141. The summed E-state index contributed by atoms with van der Waals surface area (Å²) in [5.74, 6) is -1.20. The molecule has 1 heterocycles. The van der Waals surface area contributed by atoms with Gasteiger partial charge >= 0.3 is 5.97 Å². The van der Waals surface area contributed by atoms with E-state index >= 15 is 0 Å². The summed E-state index contributed by atoms with van der Waals surface area (Å²) in [4.78, 5) is 30.1. The number of H-pyrrole nitrogens is 1. The average Bonchev–Trinajstić information content (AvgIpc) is 3.26. The van der Waals surface area contributed by atoms with Crippen molar-refractivity contribution in [2.24, 2.45) is 0 Å². The molecule has 6 nitrogen and oxygen atoms in total. The molecule has 0 aliphatic rings. The van der Waals surface area contributed by atoms with Gasteiger partial charge in [0, 0.05) is 24.7 Å². The Morgan fingerprint density at radius 2 is 1.35 bits per heavy atom. The number of carbonyl (C=O) groups is 2. The quantitative estimate of drug-likeness (QED) is 0.201. The number of nitrogens with zero attached hydrogens (tertiary/aromatic N) is 1. The molecule has 0 spiro atoms. The van der Waals surface area contributed by atoms with Crippen molar-refractivity contribution >= 4 is 11.9 Å². The minimum absolute atomic E-state index is 0.183. The molecule has 6 heteroatoms. The molecule has 0 fully saturated rings. The number of aromatic nitrogens is 2. The van der Waals surface area contributed by atoms with Crippen molar-refractivity contribution in [2.75, 3.05) is 0 Å². The highest BCUT2D eigenvalue weighted by atomic mass is 16.4. The molecule has 0 radical (unpaired) electrons. The van der Waals surface area contributed by atoms with Gasteiger partial charge in [0.05, 0.1) is 6.33 Å². The van der Waals surface area contributed by atoms with Crippen LogP contribution in [-0.4, -0.2) is 33.0 Å². The van der Waals surface area contributed by atoms with E-state index in [4.69, 9.17) is 0 Å². The predicted octanol–water partition coefficient (Wildman–Crippen LogP) is 6.17. The van der Waals surface area contributed by atoms with Crippen LogP contribution in [0.25, 0.3) is 0 Å². The molecule has 0 saturated carbocycles. The van der Waals surface area contributed by atoms with E-state index in [0.29, 0.717) is 12.1 Å². The normalized spacial score (nSPS) is 12.0. The Morgan fingerprint density at radius 1 is 0.871 bits per heavy atom. The molecule has 1 aromatic rings. The maximum Gasteiger partial charge on any atom is 0.326 e. The number of rotatable bonds is 21. The number of carbonyl (C=O) groups excluding carboxylic acids is 1. The van der Waals surface area contributed by atoms with Crippen LogP contribution in [-0.2, 0) is 16.0 Å². The van der Waals surface area contributed by atoms with Gasteiger partial charge in [0.1, 0.15) is 6.04 Å². The fourth-order valence-electron chi connectivity index (χ4n) is 3.92. The minimum Gasteiger partial charge on any atom is -0.480 e. The molecule has 1 amide bonds. The molecule has 0 saturated heterocycles. The lowest BCUT2D eigenvalue weighted by atomic mass is 10.0. The Bertz CT molecular complexity index is 560. The number of hydrogen-bond acceptors (Lipinski definition) is 3. The summed E-state index contributed by atoms with van der Waals surface area (Å²) in [5.41, 5.74) is 0.704. The second-order valence-electron chi connectivity index (χ2n) is 8.79. The highest BCUT2D eigenvalue weighted by Gasteiger charge is 2.20. The van der Waals surface area contributed by atoms with Gasteiger partial charge in [-0.2, -0.15) is 0 Å². The number of aromatic amines is 1. The predicted molar refractivity (Wildman–Crippen MR) is 126 cm³/mol. The molecule has 0 aliphatic carbocycles. The van der Waals surface area contributed by atoms with Gasteiger partial charge in [-0.25, -0.2) is 9.78 Å². The maximum atomic E-state index is 12.0. The molecule has 31 heavy (non-hydrogen) atoms. The smallest absolute Gasteiger partial charge is 0.326 e. The first kappa shape index (κ1) is 27.2. The minimum atomic E-state index is -1.02. The molecule has 0 unspecified atom stereocenters. The van der Waals surface area contributed by atoms with Gasteiger partial charge in [0.2, 0.25) is 5.91 Å². The summed E-state index contributed by atoms with van der Waals surface area (Å²) in [6.45, 7) is 2.27. The number of nitrogens with one attached hydrogen (secondary N) is 2. The fraction of sp³-hybridized carbons (Fsp3) is 0.800. The molecule has 3 N–H and O–H groups in total. The third kappa shape index (κ3) is 15.6. The molecule has 0 aromatic carbocycles. The summed E-state index contributed by atoms with van der Waals surface area (Å²) in [7, 11) is 0. The summed E-state index contributed by atoms with van der Waals surface area (Å²) in [5, 5.41) is 11.9. The van der Waals surface area contributed by atoms with Crippen LogP contribution in [0.2, 0.25) is 0 Å². The van der Waals surface area contributed by atoms with Gasteiger partial charge in [-0.15, -0.1) is 0 Å². The second kappa shape index (κ2) is 18.9. The Morgan fingerprint density at radius 3 is 1.77 bits per heavy atom. The molecule has 0 aliphatic heterocycles. The first-order chi connectivity index (χ1) is 15.1. The lowest BCUT2D eigenvalue weighted by Crippen LogP contribution is -2.42. The number of carboxylic acids is 1. The Labute approximate surface area is 189 Å². The van der Waals surface area contributed by atoms with Crippen LogP contribution < -0.4 is 5.32 Å². The fourth-order valence-corrected chi connectivity index (χ4v) is 3.92. The molecule has 0 bridgehead atoms. The maximum absolute atomic E-state index is 12.0. The van der Waals surface area contributed by atoms with Gasteiger partial charge in [-0.3, -0.25) is 4.79 Å². The van der Waals surface area contributed by atoms with Crippen molar-refractivity contribution in [2.45, 2.75) is 129 Å². The van der Waals surface area contributed by atoms with E-state index in [1.165, 1.54) is 89.8 Å². The van der Waals surface area contributed by atoms with Crippen LogP contribution in [0.3, 0.4) is 0 Å². The van der Waals surface area contributed by atoms with Crippen LogP contribution in [0.5, 0.6) is 0 Å². The van der Waals surface area contributed by atoms with Crippen molar-refractivity contribution < 1.29 is 14.7 Å². The largest absolute Gasteiger partial charge is 0.480 e. The van der Waals surface area contributed by atoms with Crippen molar-refractivity contribution in [3.8, 4) is 0 Å². The Balaban J connectivity index is 1.89. The standard InChI is InChI=1S/C25H45N3O3/c1-2-3-4-5-6-7-8-9-10-11-12-13-14-15-16-17-18-24(29)28-23(25(30)31)19-22-20-26-21-27-22/h20-21,23H,2-19H2,1H3,(H,26,27)(H,28,29)(H,30,31)/t23-/m0/s1. The van der Waals surface area contributed by atoms with Crippen LogP contribution in [0, 0.1) is 0 Å².